The smallest absolute Gasteiger partial charge is 0.0795 e. The van der Waals surface area contributed by atoms with Crippen LogP contribution in [0.2, 0.25) is 0 Å². The van der Waals surface area contributed by atoms with Crippen LogP contribution in [-0.2, 0) is 17.3 Å². The molecule has 0 aliphatic heterocycles. The van der Waals surface area contributed by atoms with Crippen LogP contribution >= 0.6 is 0 Å². The van der Waals surface area contributed by atoms with Crippen LogP contribution in [0.4, 0.5) is 5.69 Å². The maximum Gasteiger partial charge on any atom is 0.0795 e. The van der Waals surface area contributed by atoms with Crippen molar-refractivity contribution >= 4 is 33.4 Å². The molecular formula is C63H54N2. The number of pyridine rings is 1. The molecule has 0 bridgehead atoms. The zero-order chi connectivity index (χ0) is 44.9. The van der Waals surface area contributed by atoms with Crippen LogP contribution in [0.15, 0.2) is 201 Å². The monoisotopic (exact) mass is 838 g/mol. The Morgan fingerprint density at radius 1 is 0.508 bits per heavy atom. The average molecular weight is 839 g/mol. The van der Waals surface area contributed by atoms with Gasteiger partial charge in [-0.05, 0) is 116 Å². The minimum absolute atomic E-state index is 0.0367. The van der Waals surface area contributed by atoms with E-state index in [2.05, 4.69) is 216 Å². The molecule has 1 heterocycles. The molecule has 2 nitrogen and oxygen atoms in total. The molecule has 2 N–H and O–H groups in total. The zero-order valence-electron chi connectivity index (χ0n) is 38.0. The van der Waals surface area contributed by atoms with Gasteiger partial charge in [-0.25, -0.2) is 4.98 Å². The van der Waals surface area contributed by atoms with Gasteiger partial charge in [-0.3, -0.25) is 0 Å². The van der Waals surface area contributed by atoms with Crippen molar-refractivity contribution in [3.05, 3.63) is 234 Å². The summed E-state index contributed by atoms with van der Waals surface area (Å²) >= 11 is 0. The highest BCUT2D eigenvalue weighted by Gasteiger charge is 2.36. The van der Waals surface area contributed by atoms with Crippen molar-refractivity contribution in [2.45, 2.75) is 51.9 Å². The Bertz CT molecular complexity index is 3360. The molecule has 2 heteroatoms. The molecular weight excluding hydrogens is 785 g/mol. The van der Waals surface area contributed by atoms with Crippen LogP contribution in [-0.4, -0.2) is 4.98 Å². The second-order valence-corrected chi connectivity index (χ2v) is 18.4. The average Bonchev–Trinajstić information content (AvgIpc) is 3.71. The predicted molar refractivity (Wildman–Crippen MR) is 279 cm³/mol. The van der Waals surface area contributed by atoms with E-state index in [1.54, 1.807) is 6.08 Å². The Labute approximate surface area is 384 Å². The van der Waals surface area contributed by atoms with Crippen molar-refractivity contribution < 1.29 is 0 Å². The highest BCUT2D eigenvalue weighted by atomic mass is 14.7. The van der Waals surface area contributed by atoms with E-state index in [9.17, 15) is 0 Å². The Balaban J connectivity index is 0.000000946. The maximum atomic E-state index is 7.44. The van der Waals surface area contributed by atoms with Crippen molar-refractivity contribution in [3.63, 3.8) is 0 Å². The normalized spacial score (nSPS) is 13.9. The van der Waals surface area contributed by atoms with E-state index in [1.165, 1.54) is 50.1 Å². The highest BCUT2D eigenvalue weighted by Crippen LogP contribution is 2.51. The number of aromatic nitrogens is 1. The first-order valence-corrected chi connectivity index (χ1v) is 22.8. The first kappa shape index (κ1) is 41.5. The number of nitrogens with two attached hydrogens (primary N) is 1. The van der Waals surface area contributed by atoms with Crippen LogP contribution in [0, 0.1) is 0 Å². The van der Waals surface area contributed by atoms with Gasteiger partial charge in [0.1, 0.15) is 0 Å². The van der Waals surface area contributed by atoms with Crippen LogP contribution in [0.25, 0.3) is 83.5 Å². The van der Waals surface area contributed by atoms with E-state index in [0.29, 0.717) is 0 Å². The van der Waals surface area contributed by atoms with Gasteiger partial charge in [0.25, 0.3) is 0 Å². The van der Waals surface area contributed by atoms with Crippen LogP contribution in [0.5, 0.6) is 0 Å². The summed E-state index contributed by atoms with van der Waals surface area (Å²) in [7, 11) is 0. The lowest BCUT2D eigenvalue weighted by molar-refractivity contribution is 0.659. The molecule has 2 aliphatic carbocycles. The quantitative estimate of drug-likeness (QED) is 0.0986. The molecule has 0 unspecified atom stereocenters. The SMILES string of the molecule is C=C/C=C\C.CC1(C)c2ccccc2-c2ccc(C/C=C\c3c(-c4ccccc4)cc4c(cc(-c5ccccc5)c5ccc(-c6ccc7c(c6)C(C)(C)c6ccccc6-7)nc54)c3N)cc21. The van der Waals surface area contributed by atoms with E-state index in [4.69, 9.17) is 10.7 Å². The third-order valence-electron chi connectivity index (χ3n) is 13.8. The number of benzene rings is 8. The fourth-order valence-electron chi connectivity index (χ4n) is 10.4. The third kappa shape index (κ3) is 7.11. The number of nitrogen functional groups attached to an aromatic ring is 1. The maximum absolute atomic E-state index is 7.44. The molecule has 2 aliphatic rings. The lowest BCUT2D eigenvalue weighted by Crippen LogP contribution is -2.15. The first-order chi connectivity index (χ1) is 31.6. The van der Waals surface area contributed by atoms with Crippen molar-refractivity contribution in [2.75, 3.05) is 5.73 Å². The summed E-state index contributed by atoms with van der Waals surface area (Å²) in [6, 6.07) is 61.9. The molecule has 9 aromatic rings. The van der Waals surface area contributed by atoms with E-state index in [-0.39, 0.29) is 10.8 Å². The summed E-state index contributed by atoms with van der Waals surface area (Å²) < 4.78 is 0. The molecule has 11 rings (SSSR count). The predicted octanol–water partition coefficient (Wildman–Crippen LogP) is 16.6. The molecule has 1 aromatic heterocycles. The van der Waals surface area contributed by atoms with Crippen molar-refractivity contribution in [1.29, 1.82) is 0 Å². The van der Waals surface area contributed by atoms with Gasteiger partial charge in [0, 0.05) is 43.8 Å². The van der Waals surface area contributed by atoms with Crippen molar-refractivity contribution in [2.24, 2.45) is 0 Å². The van der Waals surface area contributed by atoms with Crippen LogP contribution in [0.1, 0.15) is 68.0 Å². The Morgan fingerprint density at radius 3 is 1.68 bits per heavy atom. The minimum atomic E-state index is -0.0993. The largest absolute Gasteiger partial charge is 0.398 e. The standard InChI is InChI=1S/C58H46N2.C5H8/c1-57(2)50-24-13-11-21-40(50)42-28-26-36(32-52(42)57)16-15-23-44-46(37-17-7-5-8-18-37)35-49-48(55(44)59)34-47(38-19-9-6-10-20-38)45-30-31-54(60-56(45)49)39-27-29-43-41-22-12-14-25-51(41)58(3,4)53(43)33-39;1-3-5-4-2/h5-15,17-35H,16,59H2,1-4H3;3-5H,1H2,2H3/b23-15-;5-4-. The van der Waals surface area contributed by atoms with Gasteiger partial charge in [0.2, 0.25) is 0 Å². The van der Waals surface area contributed by atoms with Gasteiger partial charge in [-0.1, -0.05) is 204 Å². The summed E-state index contributed by atoms with van der Waals surface area (Å²) in [4.78, 5) is 5.57. The lowest BCUT2D eigenvalue weighted by atomic mass is 9.82. The summed E-state index contributed by atoms with van der Waals surface area (Å²) in [5.41, 5.74) is 28.7. The van der Waals surface area contributed by atoms with Gasteiger partial charge in [-0.2, -0.15) is 0 Å². The van der Waals surface area contributed by atoms with Gasteiger partial charge < -0.3 is 5.73 Å². The zero-order valence-corrected chi connectivity index (χ0v) is 38.0. The number of nitrogens with zero attached hydrogens (tertiary/aromatic N) is 1. The fraction of sp³-hybridized carbons (Fsp3) is 0.127. The lowest BCUT2D eigenvalue weighted by Gasteiger charge is -2.22. The molecule has 8 aromatic carbocycles. The molecule has 0 spiro atoms. The van der Waals surface area contributed by atoms with E-state index >= 15 is 0 Å². The van der Waals surface area contributed by atoms with Crippen molar-refractivity contribution in [3.8, 4) is 55.8 Å². The molecule has 0 saturated carbocycles. The third-order valence-corrected chi connectivity index (χ3v) is 13.8. The van der Waals surface area contributed by atoms with Gasteiger partial charge in [0.15, 0.2) is 0 Å². The second kappa shape index (κ2) is 16.5. The van der Waals surface area contributed by atoms with E-state index in [1.807, 2.05) is 19.1 Å². The Hall–Kier alpha value is -7.55. The summed E-state index contributed by atoms with van der Waals surface area (Å²) in [6.45, 7) is 14.8. The minimum Gasteiger partial charge on any atom is -0.398 e. The van der Waals surface area contributed by atoms with E-state index < -0.39 is 0 Å². The molecule has 0 fully saturated rings. The van der Waals surface area contributed by atoms with Crippen molar-refractivity contribution in [1.82, 2.24) is 4.98 Å². The number of fused-ring (bicyclic) bond motifs is 9. The Morgan fingerprint density at radius 2 is 1.06 bits per heavy atom. The first-order valence-electron chi connectivity index (χ1n) is 22.8. The topological polar surface area (TPSA) is 38.9 Å². The van der Waals surface area contributed by atoms with Crippen LogP contribution in [0.3, 0.4) is 0 Å². The summed E-state index contributed by atoms with van der Waals surface area (Å²) in [6.07, 6.45) is 10.9. The number of anilines is 1. The molecule has 0 saturated heterocycles. The second-order valence-electron chi connectivity index (χ2n) is 18.4. The number of allylic oxidation sites excluding steroid dienone is 4. The number of hydrogen-bond donors (Lipinski definition) is 1. The fourth-order valence-corrected chi connectivity index (χ4v) is 10.4. The number of rotatable bonds is 7. The van der Waals surface area contributed by atoms with Gasteiger partial charge >= 0.3 is 0 Å². The molecule has 0 radical (unpaired) electrons. The summed E-state index contributed by atoms with van der Waals surface area (Å²) in [5.74, 6) is 0. The molecule has 0 atom stereocenters. The van der Waals surface area contributed by atoms with Gasteiger partial charge in [-0.15, -0.1) is 0 Å². The highest BCUT2D eigenvalue weighted by molar-refractivity contribution is 6.18. The van der Waals surface area contributed by atoms with E-state index in [0.717, 1.165) is 72.9 Å². The molecule has 316 valence electrons. The Kier molecular flexibility index (Phi) is 10.5. The number of hydrogen-bond acceptors (Lipinski definition) is 2. The van der Waals surface area contributed by atoms with Gasteiger partial charge in [0.05, 0.1) is 11.2 Å². The summed E-state index contributed by atoms with van der Waals surface area (Å²) in [5, 5.41) is 3.16. The molecule has 65 heavy (non-hydrogen) atoms. The molecule has 0 amide bonds. The van der Waals surface area contributed by atoms with Crippen LogP contribution < -0.4 is 5.73 Å².